The smallest absolute Gasteiger partial charge is 0.334 e. The molecule has 0 aliphatic carbocycles. The Balaban J connectivity index is 2.09. The van der Waals surface area contributed by atoms with Crippen molar-refractivity contribution in [1.82, 2.24) is 4.90 Å². The number of carbonyl (C=O) groups excluding carboxylic acids is 2. The number of rotatable bonds is 2. The van der Waals surface area contributed by atoms with Crippen molar-refractivity contribution < 1.29 is 22.8 Å². The van der Waals surface area contributed by atoms with Crippen LogP contribution in [0.4, 0.5) is 18.9 Å². The zero-order valence-corrected chi connectivity index (χ0v) is 14.0. The molecule has 24 heavy (non-hydrogen) atoms. The van der Waals surface area contributed by atoms with Gasteiger partial charge in [-0.25, -0.2) is 0 Å². The minimum atomic E-state index is -4.90. The van der Waals surface area contributed by atoms with Gasteiger partial charge >= 0.3 is 12.1 Å². The number of aryl methyl sites for hydroxylation is 3. The minimum absolute atomic E-state index is 0.0325. The van der Waals surface area contributed by atoms with Gasteiger partial charge in [-0.15, -0.1) is 0 Å². The molecule has 1 saturated heterocycles. The quantitative estimate of drug-likeness (QED) is 0.896. The number of carbonyl (C=O) groups is 2. The van der Waals surface area contributed by atoms with Crippen molar-refractivity contribution in [2.75, 3.05) is 18.4 Å². The van der Waals surface area contributed by atoms with Crippen molar-refractivity contribution in [1.29, 1.82) is 0 Å². The largest absolute Gasteiger partial charge is 0.471 e. The second-order valence-electron chi connectivity index (χ2n) is 6.35. The zero-order chi connectivity index (χ0) is 18.1. The van der Waals surface area contributed by atoms with Gasteiger partial charge < -0.3 is 10.2 Å². The van der Waals surface area contributed by atoms with E-state index in [2.05, 4.69) is 5.32 Å². The second kappa shape index (κ2) is 6.83. The highest BCUT2D eigenvalue weighted by atomic mass is 19.4. The van der Waals surface area contributed by atoms with E-state index in [0.29, 0.717) is 18.5 Å². The van der Waals surface area contributed by atoms with E-state index in [1.165, 1.54) is 0 Å². The zero-order valence-electron chi connectivity index (χ0n) is 14.0. The average molecular weight is 342 g/mol. The maximum absolute atomic E-state index is 12.6. The van der Waals surface area contributed by atoms with Crippen LogP contribution >= 0.6 is 0 Å². The second-order valence-corrected chi connectivity index (χ2v) is 6.35. The highest BCUT2D eigenvalue weighted by Gasteiger charge is 2.44. The lowest BCUT2D eigenvalue weighted by molar-refractivity contribution is -0.187. The molecule has 1 unspecified atom stereocenters. The van der Waals surface area contributed by atoms with Crippen molar-refractivity contribution in [3.8, 4) is 0 Å². The first-order valence-electron chi connectivity index (χ1n) is 7.84. The van der Waals surface area contributed by atoms with E-state index in [9.17, 15) is 22.8 Å². The molecule has 7 heteroatoms. The molecule has 0 aromatic heterocycles. The standard InChI is InChI=1S/C17H21F3N2O2/c1-10-7-11(2)14(12(3)8-10)21-15(23)13-5-4-6-22(9-13)16(24)17(18,19)20/h7-8,13H,4-6,9H2,1-3H3,(H,21,23). The van der Waals surface area contributed by atoms with Gasteiger partial charge in [0.15, 0.2) is 0 Å². The molecule has 1 aliphatic rings. The number of hydrogen-bond donors (Lipinski definition) is 1. The van der Waals surface area contributed by atoms with Crippen molar-refractivity contribution in [2.45, 2.75) is 39.8 Å². The maximum Gasteiger partial charge on any atom is 0.471 e. The topological polar surface area (TPSA) is 49.4 Å². The fraction of sp³-hybridized carbons (Fsp3) is 0.529. The molecule has 0 saturated carbocycles. The highest BCUT2D eigenvalue weighted by molar-refractivity contribution is 5.94. The molecule has 1 aromatic rings. The van der Waals surface area contributed by atoms with Crippen LogP contribution in [-0.2, 0) is 9.59 Å². The number of alkyl halides is 3. The summed E-state index contributed by atoms with van der Waals surface area (Å²) in [6, 6.07) is 3.87. The molecule has 0 spiro atoms. The van der Waals surface area contributed by atoms with Crippen molar-refractivity contribution in [3.05, 3.63) is 28.8 Å². The number of hydrogen-bond acceptors (Lipinski definition) is 2. The third-order valence-corrected chi connectivity index (χ3v) is 4.25. The Kier molecular flexibility index (Phi) is 5.20. The fourth-order valence-corrected chi connectivity index (χ4v) is 3.16. The first kappa shape index (κ1) is 18.3. The summed E-state index contributed by atoms with van der Waals surface area (Å²) in [5, 5.41) is 2.82. The number of nitrogens with zero attached hydrogens (tertiary/aromatic N) is 1. The molecule has 4 nitrogen and oxygen atoms in total. The van der Waals surface area contributed by atoms with Gasteiger partial charge in [0.25, 0.3) is 0 Å². The summed E-state index contributed by atoms with van der Waals surface area (Å²) in [7, 11) is 0. The summed E-state index contributed by atoms with van der Waals surface area (Å²) in [5.74, 6) is -2.85. The summed E-state index contributed by atoms with van der Waals surface area (Å²) in [6.45, 7) is 5.53. The number of benzene rings is 1. The Morgan fingerprint density at radius 3 is 2.29 bits per heavy atom. The highest BCUT2D eigenvalue weighted by Crippen LogP contribution is 2.26. The number of nitrogens with one attached hydrogen (secondary N) is 1. The van der Waals surface area contributed by atoms with E-state index in [4.69, 9.17) is 0 Å². The predicted octanol–water partition coefficient (Wildman–Crippen LogP) is 3.35. The normalized spacial score (nSPS) is 18.4. The number of likely N-dealkylation sites (tertiary alicyclic amines) is 1. The Hall–Kier alpha value is -2.05. The van der Waals surface area contributed by atoms with E-state index in [1.54, 1.807) is 0 Å². The third-order valence-electron chi connectivity index (χ3n) is 4.25. The fourth-order valence-electron chi connectivity index (χ4n) is 3.16. The predicted molar refractivity (Wildman–Crippen MR) is 84.6 cm³/mol. The van der Waals surface area contributed by atoms with E-state index in [1.807, 2.05) is 32.9 Å². The number of piperidine rings is 1. The summed E-state index contributed by atoms with van der Waals surface area (Å²) in [4.78, 5) is 24.5. The summed E-state index contributed by atoms with van der Waals surface area (Å²) in [6.07, 6.45) is -4.05. The van der Waals surface area contributed by atoms with Crippen LogP contribution < -0.4 is 5.32 Å². The molecule has 2 amide bonds. The molecule has 132 valence electrons. The van der Waals surface area contributed by atoms with Crippen LogP contribution in [0.25, 0.3) is 0 Å². The lowest BCUT2D eigenvalue weighted by atomic mass is 9.96. The Morgan fingerprint density at radius 1 is 1.17 bits per heavy atom. The van der Waals surface area contributed by atoms with Gasteiger partial charge in [0, 0.05) is 18.8 Å². The molecule has 1 aromatic carbocycles. The Morgan fingerprint density at radius 2 is 1.75 bits per heavy atom. The number of anilines is 1. The molecule has 1 atom stereocenters. The lowest BCUT2D eigenvalue weighted by Crippen LogP contribution is -2.48. The van der Waals surface area contributed by atoms with Crippen molar-refractivity contribution >= 4 is 17.5 Å². The first-order chi connectivity index (χ1) is 11.1. The Labute approximate surface area is 139 Å². The minimum Gasteiger partial charge on any atom is -0.334 e. The number of amides is 2. The van der Waals surface area contributed by atoms with Crippen molar-refractivity contribution in [2.24, 2.45) is 5.92 Å². The molecule has 0 bridgehead atoms. The van der Waals surface area contributed by atoms with E-state index < -0.39 is 18.0 Å². The number of halogens is 3. The van der Waals surface area contributed by atoms with Crippen LogP contribution in [0.1, 0.15) is 29.5 Å². The van der Waals surface area contributed by atoms with Crippen LogP contribution in [0, 0.1) is 26.7 Å². The lowest BCUT2D eigenvalue weighted by Gasteiger charge is -2.32. The SMILES string of the molecule is Cc1cc(C)c(NC(=O)C2CCCN(C(=O)C(F)(F)F)C2)c(C)c1. The Bertz CT molecular complexity index is 633. The molecule has 1 heterocycles. The third kappa shape index (κ3) is 4.07. The van der Waals surface area contributed by atoms with Crippen LogP contribution in [0.15, 0.2) is 12.1 Å². The van der Waals surface area contributed by atoms with E-state index in [-0.39, 0.29) is 19.0 Å². The van der Waals surface area contributed by atoms with Crippen LogP contribution in [-0.4, -0.2) is 36.0 Å². The summed E-state index contributed by atoms with van der Waals surface area (Å²) >= 11 is 0. The van der Waals surface area contributed by atoms with Gasteiger partial charge in [0.1, 0.15) is 0 Å². The first-order valence-corrected chi connectivity index (χ1v) is 7.84. The van der Waals surface area contributed by atoms with Gasteiger partial charge in [0.2, 0.25) is 5.91 Å². The molecular formula is C17H21F3N2O2. The molecule has 1 aliphatic heterocycles. The average Bonchev–Trinajstić information content (AvgIpc) is 2.49. The van der Waals surface area contributed by atoms with Crippen LogP contribution in [0.3, 0.4) is 0 Å². The molecule has 1 fully saturated rings. The van der Waals surface area contributed by atoms with Crippen LogP contribution in [0.2, 0.25) is 0 Å². The van der Waals surface area contributed by atoms with Crippen LogP contribution in [0.5, 0.6) is 0 Å². The maximum atomic E-state index is 12.6. The van der Waals surface area contributed by atoms with Gasteiger partial charge in [-0.1, -0.05) is 17.7 Å². The molecular weight excluding hydrogens is 321 g/mol. The molecule has 0 radical (unpaired) electrons. The molecule has 1 N–H and O–H groups in total. The monoisotopic (exact) mass is 342 g/mol. The van der Waals surface area contributed by atoms with Crippen molar-refractivity contribution in [3.63, 3.8) is 0 Å². The van der Waals surface area contributed by atoms with E-state index >= 15 is 0 Å². The van der Waals surface area contributed by atoms with E-state index in [0.717, 1.165) is 21.6 Å². The summed E-state index contributed by atoms with van der Waals surface area (Å²) < 4.78 is 37.7. The molecule has 2 rings (SSSR count). The van der Waals surface area contributed by atoms with Gasteiger partial charge in [-0.3, -0.25) is 9.59 Å². The van der Waals surface area contributed by atoms with Gasteiger partial charge in [-0.05, 0) is 44.7 Å². The van der Waals surface area contributed by atoms with Gasteiger partial charge in [0.05, 0.1) is 5.92 Å². The van der Waals surface area contributed by atoms with Gasteiger partial charge in [-0.2, -0.15) is 13.2 Å². The summed E-state index contributed by atoms with van der Waals surface area (Å²) in [5.41, 5.74) is 3.56.